The Kier molecular flexibility index (Phi) is 8.78. The Balaban J connectivity index is 1.81. The van der Waals surface area contributed by atoms with Gasteiger partial charge in [-0.3, -0.25) is 9.69 Å². The number of piperidine rings is 1. The van der Waals surface area contributed by atoms with Gasteiger partial charge in [0, 0.05) is 30.7 Å². The van der Waals surface area contributed by atoms with Crippen molar-refractivity contribution in [1.82, 2.24) is 15.5 Å². The van der Waals surface area contributed by atoms with Gasteiger partial charge in [0.1, 0.15) is 5.60 Å². The van der Waals surface area contributed by atoms with E-state index >= 15 is 0 Å². The van der Waals surface area contributed by atoms with E-state index in [9.17, 15) is 9.59 Å². The van der Waals surface area contributed by atoms with Gasteiger partial charge in [0.15, 0.2) is 0 Å². The number of hydrogen-bond acceptors (Lipinski definition) is 4. The second-order valence-electron chi connectivity index (χ2n) is 8.53. The number of ether oxygens (including phenoxy) is 1. The van der Waals surface area contributed by atoms with E-state index in [1.807, 2.05) is 32.9 Å². The third kappa shape index (κ3) is 7.86. The molecular weight excluding hydrogens is 390 g/mol. The molecule has 0 bridgehead atoms. The predicted octanol–water partition coefficient (Wildman–Crippen LogP) is 4.14. The van der Waals surface area contributed by atoms with E-state index in [1.165, 1.54) is 5.56 Å². The van der Waals surface area contributed by atoms with E-state index in [2.05, 4.69) is 34.6 Å². The number of alkyl carbamates (subject to hydrolysis) is 1. The average Bonchev–Trinajstić information content (AvgIpc) is 2.66. The smallest absolute Gasteiger partial charge is 0.407 e. The first-order valence-electron chi connectivity index (χ1n) is 10.4. The molecule has 0 spiro atoms. The fourth-order valence-electron chi connectivity index (χ4n) is 3.70. The van der Waals surface area contributed by atoms with Gasteiger partial charge in [-0.05, 0) is 64.3 Å². The van der Waals surface area contributed by atoms with Gasteiger partial charge in [-0.25, -0.2) is 4.79 Å². The van der Waals surface area contributed by atoms with Crippen LogP contribution < -0.4 is 10.6 Å². The molecule has 2 unspecified atom stereocenters. The van der Waals surface area contributed by atoms with E-state index in [0.29, 0.717) is 13.1 Å². The fraction of sp³-hybridized carbons (Fsp3) is 0.636. The molecule has 1 fully saturated rings. The van der Waals surface area contributed by atoms with Crippen molar-refractivity contribution in [2.75, 3.05) is 26.2 Å². The summed E-state index contributed by atoms with van der Waals surface area (Å²) >= 11 is 6.02. The number of amides is 2. The van der Waals surface area contributed by atoms with Crippen LogP contribution in [0.4, 0.5) is 4.79 Å². The van der Waals surface area contributed by atoms with Gasteiger partial charge < -0.3 is 15.4 Å². The Bertz CT molecular complexity index is 673. The van der Waals surface area contributed by atoms with Crippen LogP contribution in [0.25, 0.3) is 0 Å². The van der Waals surface area contributed by atoms with Crippen LogP contribution in [0, 0.1) is 5.92 Å². The summed E-state index contributed by atoms with van der Waals surface area (Å²) in [5.41, 5.74) is 0.707. The Morgan fingerprint density at radius 2 is 1.86 bits per heavy atom. The summed E-state index contributed by atoms with van der Waals surface area (Å²) in [5, 5.41) is 6.34. The van der Waals surface area contributed by atoms with Gasteiger partial charge in [0.25, 0.3) is 0 Å². The van der Waals surface area contributed by atoms with Crippen LogP contribution >= 0.6 is 11.6 Å². The van der Waals surface area contributed by atoms with E-state index in [-0.39, 0.29) is 17.9 Å². The molecule has 2 N–H and O–H groups in total. The van der Waals surface area contributed by atoms with Gasteiger partial charge in [-0.2, -0.15) is 0 Å². The molecule has 2 atom stereocenters. The van der Waals surface area contributed by atoms with Gasteiger partial charge in [-0.1, -0.05) is 30.7 Å². The Morgan fingerprint density at radius 3 is 2.48 bits per heavy atom. The van der Waals surface area contributed by atoms with Gasteiger partial charge in [0.05, 0.1) is 5.92 Å². The summed E-state index contributed by atoms with van der Waals surface area (Å²) in [6.45, 7) is 10.1. The standard InChI is InChI=1S/C22H34ClN3O3/c1-5-19(16-8-10-18(23)11-9-16)26-14-6-7-17(15-26)20(27)24-12-13-25-21(28)29-22(2,3)4/h8-11,17,19H,5-7,12-15H2,1-4H3,(H,24,27)(H,25,28). The van der Waals surface area contributed by atoms with Crippen molar-refractivity contribution in [3.63, 3.8) is 0 Å². The van der Waals surface area contributed by atoms with Crippen molar-refractivity contribution in [3.05, 3.63) is 34.9 Å². The molecule has 1 aliphatic heterocycles. The van der Waals surface area contributed by atoms with E-state index in [0.717, 1.165) is 37.4 Å². The maximum absolute atomic E-state index is 12.6. The normalized spacial score (nSPS) is 18.7. The van der Waals surface area contributed by atoms with Gasteiger partial charge in [-0.15, -0.1) is 0 Å². The quantitative estimate of drug-likeness (QED) is 0.646. The van der Waals surface area contributed by atoms with E-state index in [1.54, 1.807) is 0 Å². The SMILES string of the molecule is CCC(c1ccc(Cl)cc1)N1CCCC(C(=O)NCCNC(=O)OC(C)(C)C)C1. The number of rotatable bonds is 7. The highest BCUT2D eigenvalue weighted by Crippen LogP contribution is 2.30. The van der Waals surface area contributed by atoms with Crippen LogP contribution in [0.3, 0.4) is 0 Å². The summed E-state index contributed by atoms with van der Waals surface area (Å²) < 4.78 is 5.19. The topological polar surface area (TPSA) is 70.7 Å². The molecule has 1 aromatic rings. The lowest BCUT2D eigenvalue weighted by Gasteiger charge is -2.37. The zero-order chi connectivity index (χ0) is 21.4. The highest BCUT2D eigenvalue weighted by atomic mass is 35.5. The lowest BCUT2D eigenvalue weighted by atomic mass is 9.93. The third-order valence-corrected chi connectivity index (χ3v) is 5.25. The molecule has 162 valence electrons. The molecule has 1 aromatic carbocycles. The van der Waals surface area contributed by atoms with Crippen LogP contribution in [-0.2, 0) is 9.53 Å². The second-order valence-corrected chi connectivity index (χ2v) is 8.97. The molecule has 0 aliphatic carbocycles. The molecule has 2 amide bonds. The predicted molar refractivity (Wildman–Crippen MR) is 116 cm³/mol. The number of halogens is 1. The number of benzene rings is 1. The minimum Gasteiger partial charge on any atom is -0.444 e. The Hall–Kier alpha value is -1.79. The first-order valence-corrected chi connectivity index (χ1v) is 10.8. The van der Waals surface area contributed by atoms with Crippen LogP contribution in [-0.4, -0.2) is 48.7 Å². The summed E-state index contributed by atoms with van der Waals surface area (Å²) in [6.07, 6.45) is 2.40. The van der Waals surface area contributed by atoms with Crippen LogP contribution in [0.15, 0.2) is 24.3 Å². The Labute approximate surface area is 179 Å². The van der Waals surface area contributed by atoms with Crippen molar-refractivity contribution in [3.8, 4) is 0 Å². The minimum absolute atomic E-state index is 0.0355. The minimum atomic E-state index is -0.529. The van der Waals surface area contributed by atoms with Crippen molar-refractivity contribution >= 4 is 23.6 Å². The van der Waals surface area contributed by atoms with Gasteiger partial charge >= 0.3 is 6.09 Å². The summed E-state index contributed by atoms with van der Waals surface area (Å²) in [4.78, 5) is 26.7. The van der Waals surface area contributed by atoms with Crippen molar-refractivity contribution in [2.24, 2.45) is 5.92 Å². The lowest BCUT2D eigenvalue weighted by Crippen LogP contribution is -2.45. The zero-order valence-electron chi connectivity index (χ0n) is 18.0. The van der Waals surface area contributed by atoms with Crippen LogP contribution in [0.1, 0.15) is 58.6 Å². The van der Waals surface area contributed by atoms with Crippen molar-refractivity contribution in [1.29, 1.82) is 0 Å². The van der Waals surface area contributed by atoms with Crippen molar-refractivity contribution < 1.29 is 14.3 Å². The molecule has 0 radical (unpaired) electrons. The van der Waals surface area contributed by atoms with Crippen LogP contribution in [0.2, 0.25) is 5.02 Å². The molecule has 1 heterocycles. The second kappa shape index (κ2) is 10.8. The monoisotopic (exact) mass is 423 g/mol. The molecule has 2 rings (SSSR count). The van der Waals surface area contributed by atoms with Gasteiger partial charge in [0.2, 0.25) is 5.91 Å². The van der Waals surface area contributed by atoms with Crippen LogP contribution in [0.5, 0.6) is 0 Å². The third-order valence-electron chi connectivity index (χ3n) is 5.00. The zero-order valence-corrected chi connectivity index (χ0v) is 18.7. The summed E-state index contributed by atoms with van der Waals surface area (Å²) in [6, 6.07) is 8.28. The molecule has 7 heteroatoms. The lowest BCUT2D eigenvalue weighted by molar-refractivity contribution is -0.127. The first-order chi connectivity index (χ1) is 13.7. The molecule has 29 heavy (non-hydrogen) atoms. The number of carbonyl (C=O) groups is 2. The summed E-state index contributed by atoms with van der Waals surface area (Å²) in [5.74, 6) is 0.0123. The number of carbonyl (C=O) groups excluding carboxylic acids is 2. The molecule has 1 saturated heterocycles. The molecular formula is C22H34ClN3O3. The Morgan fingerprint density at radius 1 is 1.21 bits per heavy atom. The average molecular weight is 424 g/mol. The number of nitrogens with zero attached hydrogens (tertiary/aromatic N) is 1. The maximum atomic E-state index is 12.6. The molecule has 6 nitrogen and oxygen atoms in total. The first kappa shape index (κ1) is 23.5. The van der Waals surface area contributed by atoms with E-state index in [4.69, 9.17) is 16.3 Å². The molecule has 0 aromatic heterocycles. The van der Waals surface area contributed by atoms with Crippen molar-refractivity contribution in [2.45, 2.75) is 58.6 Å². The summed E-state index contributed by atoms with van der Waals surface area (Å²) in [7, 11) is 0. The maximum Gasteiger partial charge on any atom is 0.407 e. The number of likely N-dealkylation sites (tertiary alicyclic amines) is 1. The van der Waals surface area contributed by atoms with E-state index < -0.39 is 11.7 Å². The highest BCUT2D eigenvalue weighted by molar-refractivity contribution is 6.30. The fourth-order valence-corrected chi connectivity index (χ4v) is 3.83. The molecule has 1 aliphatic rings. The highest BCUT2D eigenvalue weighted by Gasteiger charge is 2.29. The number of hydrogen-bond donors (Lipinski definition) is 2. The number of nitrogens with one attached hydrogen (secondary N) is 2. The molecule has 0 saturated carbocycles. The largest absolute Gasteiger partial charge is 0.444 e.